The molecule has 18 heteroatoms. The number of hydrogen-bond donors (Lipinski definition) is 4. The van der Waals surface area contributed by atoms with Crippen LogP contribution in [-0.4, -0.2) is 17.8 Å². The Morgan fingerprint density at radius 2 is 0.388 bits per heavy atom. The first-order valence-electron chi connectivity index (χ1n) is 13.3. The molecule has 0 unspecified atom stereocenters. The minimum atomic E-state index is -6.42. The van der Waals surface area contributed by atoms with Crippen molar-refractivity contribution in [2.45, 2.75) is 41.5 Å². The molecule has 0 heterocycles. The van der Waals surface area contributed by atoms with E-state index in [0.717, 1.165) is 48.5 Å². The minimum Gasteiger partial charge on any atom is -0.399 e. The highest BCUT2D eigenvalue weighted by atomic mass is 19.4. The zero-order valence-corrected chi connectivity index (χ0v) is 24.3. The topological polar surface area (TPSA) is 104 Å². The summed E-state index contributed by atoms with van der Waals surface area (Å²) in [5, 5.41) is 0. The van der Waals surface area contributed by atoms with E-state index in [0.29, 0.717) is 48.5 Å². The molecule has 4 rings (SSSR count). The van der Waals surface area contributed by atoms with Crippen LogP contribution in [0.25, 0.3) is 0 Å². The van der Waals surface area contributed by atoms with Crippen molar-refractivity contribution in [2.24, 2.45) is 0 Å². The van der Waals surface area contributed by atoms with E-state index in [9.17, 15) is 61.5 Å². The standard InChI is InChI=1S/C16H12F8N2.C15H12F6N2/c17-13(18,9-1-5-11(25)6-2-9)15(21,22)16(23,24)14(19,20)10-3-7-12(26)8-4-10;16-13(17,9-1-5-11(22)6-2-9)15(20,21)14(18,19)10-3-7-12(23)8-4-10/h1-8H,25-26H2;1-8H,22-23H2. The lowest BCUT2D eigenvalue weighted by molar-refractivity contribution is -0.374. The number of hydrogen-bond acceptors (Lipinski definition) is 4. The van der Waals surface area contributed by atoms with Gasteiger partial charge in [-0.2, -0.15) is 61.5 Å². The Morgan fingerprint density at radius 3 is 0.551 bits per heavy atom. The number of nitrogens with two attached hydrogens (primary N) is 4. The summed E-state index contributed by atoms with van der Waals surface area (Å²) >= 11 is 0. The smallest absolute Gasteiger partial charge is 0.382 e. The van der Waals surface area contributed by atoms with Crippen LogP contribution in [0.1, 0.15) is 22.3 Å². The highest BCUT2D eigenvalue weighted by Crippen LogP contribution is 2.59. The van der Waals surface area contributed by atoms with Crippen LogP contribution in [-0.2, 0) is 23.7 Å². The summed E-state index contributed by atoms with van der Waals surface area (Å²) in [4.78, 5) is 0. The molecular formula is C31H24F14N4. The average molecular weight is 719 g/mol. The Labute approximate surface area is 268 Å². The third-order valence-corrected chi connectivity index (χ3v) is 7.06. The van der Waals surface area contributed by atoms with Crippen LogP contribution in [0.3, 0.4) is 0 Å². The molecule has 0 aliphatic rings. The summed E-state index contributed by atoms with van der Waals surface area (Å²) < 4.78 is 196. The predicted octanol–water partition coefficient (Wildman–Crippen LogP) is 9.38. The van der Waals surface area contributed by atoms with Gasteiger partial charge in [0.25, 0.3) is 0 Å². The van der Waals surface area contributed by atoms with Crippen molar-refractivity contribution >= 4 is 22.7 Å². The van der Waals surface area contributed by atoms with E-state index in [2.05, 4.69) is 0 Å². The highest BCUT2D eigenvalue weighted by molar-refractivity contribution is 5.45. The van der Waals surface area contributed by atoms with Crippen molar-refractivity contribution in [2.75, 3.05) is 22.9 Å². The highest BCUT2D eigenvalue weighted by Gasteiger charge is 2.81. The van der Waals surface area contributed by atoms with Crippen LogP contribution in [0.2, 0.25) is 0 Å². The molecule has 4 nitrogen and oxygen atoms in total. The molecule has 0 amide bonds. The van der Waals surface area contributed by atoms with Crippen molar-refractivity contribution in [3.8, 4) is 0 Å². The van der Waals surface area contributed by atoms with E-state index in [4.69, 9.17) is 22.9 Å². The lowest BCUT2D eigenvalue weighted by Gasteiger charge is -2.37. The lowest BCUT2D eigenvalue weighted by Crippen LogP contribution is -2.59. The zero-order valence-electron chi connectivity index (χ0n) is 24.3. The van der Waals surface area contributed by atoms with Gasteiger partial charge in [-0.15, -0.1) is 0 Å². The molecule has 8 N–H and O–H groups in total. The Balaban J connectivity index is 0.000000267. The van der Waals surface area contributed by atoms with Crippen LogP contribution in [0.15, 0.2) is 97.1 Å². The molecule has 0 aliphatic heterocycles. The molecule has 0 aliphatic carbocycles. The van der Waals surface area contributed by atoms with E-state index in [-0.39, 0.29) is 22.7 Å². The normalized spacial score (nSPS) is 13.4. The van der Waals surface area contributed by atoms with E-state index in [1.165, 1.54) is 0 Å². The number of nitrogen functional groups attached to an aromatic ring is 4. The van der Waals surface area contributed by atoms with Gasteiger partial charge in [-0.25, -0.2) is 0 Å². The van der Waals surface area contributed by atoms with Gasteiger partial charge >= 0.3 is 41.5 Å². The molecule has 4 aromatic rings. The van der Waals surface area contributed by atoms with Gasteiger partial charge in [0.05, 0.1) is 0 Å². The monoisotopic (exact) mass is 718 g/mol. The van der Waals surface area contributed by atoms with Crippen LogP contribution in [0.4, 0.5) is 84.2 Å². The van der Waals surface area contributed by atoms with E-state index >= 15 is 0 Å². The molecule has 0 atom stereocenters. The Hall–Kier alpha value is -4.90. The summed E-state index contributed by atoms with van der Waals surface area (Å²) in [6, 6.07) is 10.6. The molecule has 266 valence electrons. The van der Waals surface area contributed by atoms with Crippen LogP contribution < -0.4 is 22.9 Å². The van der Waals surface area contributed by atoms with E-state index in [1.54, 1.807) is 0 Å². The van der Waals surface area contributed by atoms with Crippen molar-refractivity contribution < 1.29 is 61.5 Å². The molecule has 0 saturated carbocycles. The van der Waals surface area contributed by atoms with Crippen molar-refractivity contribution in [1.29, 1.82) is 0 Å². The van der Waals surface area contributed by atoms with Gasteiger partial charge in [0.1, 0.15) is 0 Å². The Morgan fingerprint density at radius 1 is 0.245 bits per heavy atom. The van der Waals surface area contributed by atoms with E-state index in [1.807, 2.05) is 0 Å². The minimum absolute atomic E-state index is 0.0400. The van der Waals surface area contributed by atoms with Gasteiger partial charge in [-0.1, -0.05) is 48.5 Å². The van der Waals surface area contributed by atoms with Gasteiger partial charge < -0.3 is 22.9 Å². The molecule has 0 aromatic heterocycles. The Bertz CT molecular complexity index is 1580. The second kappa shape index (κ2) is 12.9. The van der Waals surface area contributed by atoms with Crippen molar-refractivity contribution in [3.05, 3.63) is 119 Å². The summed E-state index contributed by atoms with van der Waals surface area (Å²) in [5.41, 5.74) is 15.2. The number of alkyl halides is 14. The van der Waals surface area contributed by atoms with Gasteiger partial charge in [-0.3, -0.25) is 0 Å². The molecule has 0 fully saturated rings. The van der Waals surface area contributed by atoms with Gasteiger partial charge in [0.2, 0.25) is 0 Å². The first-order valence-corrected chi connectivity index (χ1v) is 13.3. The summed E-state index contributed by atoms with van der Waals surface area (Å²) in [7, 11) is 0. The maximum absolute atomic E-state index is 14.0. The fourth-order valence-corrected chi connectivity index (χ4v) is 4.09. The van der Waals surface area contributed by atoms with Crippen LogP contribution in [0, 0.1) is 0 Å². The number of benzene rings is 4. The first kappa shape index (κ1) is 38.5. The maximum atomic E-state index is 14.0. The summed E-state index contributed by atoms with van der Waals surface area (Å²) in [6.45, 7) is 0. The second-order valence-corrected chi connectivity index (χ2v) is 10.5. The fraction of sp³-hybridized carbons (Fsp3) is 0.226. The van der Waals surface area contributed by atoms with Crippen molar-refractivity contribution in [1.82, 2.24) is 0 Å². The van der Waals surface area contributed by atoms with Crippen LogP contribution in [0.5, 0.6) is 0 Å². The Kier molecular flexibility index (Phi) is 10.1. The summed E-state index contributed by atoms with van der Waals surface area (Å²) in [5.74, 6) is -39.9. The number of rotatable bonds is 9. The first-order chi connectivity index (χ1) is 22.2. The SMILES string of the molecule is Nc1ccc(C(F)(F)C(F)(F)C(F)(F)C(F)(F)c2ccc(N)cc2)cc1.Nc1ccc(C(F)(F)C(F)(F)C(F)(F)c2ccc(N)cc2)cc1. The molecule has 0 spiro atoms. The molecule has 0 bridgehead atoms. The van der Waals surface area contributed by atoms with Gasteiger partial charge in [-0.05, 0) is 48.5 Å². The average Bonchev–Trinajstić information content (AvgIpc) is 3.02. The quantitative estimate of drug-likeness (QED) is 0.102. The fourth-order valence-electron chi connectivity index (χ4n) is 4.09. The lowest BCUT2D eigenvalue weighted by atomic mass is 9.90. The van der Waals surface area contributed by atoms with Gasteiger partial charge in [0, 0.05) is 45.0 Å². The molecule has 0 saturated heterocycles. The largest absolute Gasteiger partial charge is 0.399 e. The van der Waals surface area contributed by atoms with Crippen LogP contribution >= 0.6 is 0 Å². The number of anilines is 4. The summed E-state index contributed by atoms with van der Waals surface area (Å²) in [6.07, 6.45) is 0. The molecular weight excluding hydrogens is 694 g/mol. The third-order valence-electron chi connectivity index (χ3n) is 7.06. The van der Waals surface area contributed by atoms with Crippen molar-refractivity contribution in [3.63, 3.8) is 0 Å². The van der Waals surface area contributed by atoms with E-state index < -0.39 is 63.7 Å². The molecule has 4 aromatic carbocycles. The third kappa shape index (κ3) is 6.72. The van der Waals surface area contributed by atoms with Gasteiger partial charge in [0.15, 0.2) is 0 Å². The predicted molar refractivity (Wildman–Crippen MR) is 154 cm³/mol. The molecule has 49 heavy (non-hydrogen) atoms. The second-order valence-electron chi connectivity index (χ2n) is 10.5. The zero-order chi connectivity index (χ0) is 37.4. The maximum Gasteiger partial charge on any atom is 0.382 e. The molecule has 0 radical (unpaired) electrons. The number of halogens is 14.